The van der Waals surface area contributed by atoms with Gasteiger partial charge in [0.2, 0.25) is 0 Å². The minimum Gasteiger partial charge on any atom is -0.444 e. The van der Waals surface area contributed by atoms with E-state index in [1.807, 2.05) is 12.1 Å². The van der Waals surface area contributed by atoms with E-state index in [1.54, 1.807) is 51.2 Å². The van der Waals surface area contributed by atoms with Crippen LogP contribution >= 0.6 is 0 Å². The molecule has 1 unspecified atom stereocenters. The van der Waals surface area contributed by atoms with Crippen molar-refractivity contribution in [2.75, 3.05) is 30.7 Å². The number of nitrogens with zero attached hydrogens (tertiary/aromatic N) is 2. The number of anilines is 2. The quantitative estimate of drug-likeness (QED) is 0.347. The molecule has 1 fully saturated rings. The number of rotatable bonds is 6. The monoisotopic (exact) mass is 569 g/mol. The second-order valence-electron chi connectivity index (χ2n) is 11.0. The van der Waals surface area contributed by atoms with Crippen LogP contribution in [0, 0.1) is 24.4 Å². The van der Waals surface area contributed by atoms with Crippen molar-refractivity contribution < 1.29 is 27.5 Å². The van der Waals surface area contributed by atoms with Crippen LogP contribution in [0.3, 0.4) is 0 Å². The Hall–Kier alpha value is -4.12. The summed E-state index contributed by atoms with van der Waals surface area (Å²) in [4.78, 5) is 31.8. The molecule has 4 N–H and O–H groups in total. The Kier molecular flexibility index (Phi) is 8.86. The van der Waals surface area contributed by atoms with E-state index in [1.165, 1.54) is 11.8 Å². The highest BCUT2D eigenvalue weighted by molar-refractivity contribution is 6.05. The number of nitrogen functional groups attached to an aromatic ring is 1. The molecule has 8 nitrogen and oxygen atoms in total. The van der Waals surface area contributed by atoms with E-state index in [2.05, 4.69) is 15.6 Å². The van der Waals surface area contributed by atoms with E-state index in [0.29, 0.717) is 25.2 Å². The first-order chi connectivity index (χ1) is 19.4. The summed E-state index contributed by atoms with van der Waals surface area (Å²) in [5.74, 6) is -4.92. The topological polar surface area (TPSA) is 110 Å². The number of aromatic nitrogens is 1. The Balaban J connectivity index is 1.64. The standard InChI is InChI=1S/C30H34F3N5O3/c1-17-23(21-16-35-12-13-38(21)29(40)41-30(2,3)4)27(26(33)25(32)24(17)31)37-28(39)20-7-5-6-18(14-20)8-9-19-10-11-22(34)36-15-19/h5-7,10-11,14-15,21,35H,8-9,12-13,16H2,1-4H3,(H2,34,36)(H,37,39). The number of pyridine rings is 1. The molecule has 1 aromatic heterocycles. The number of piperazine rings is 1. The third kappa shape index (κ3) is 6.97. The Morgan fingerprint density at radius 3 is 2.51 bits per heavy atom. The Morgan fingerprint density at radius 1 is 1.10 bits per heavy atom. The van der Waals surface area contributed by atoms with Crippen molar-refractivity contribution in [3.8, 4) is 0 Å². The van der Waals surface area contributed by atoms with Gasteiger partial charge in [-0.1, -0.05) is 18.2 Å². The lowest BCUT2D eigenvalue weighted by molar-refractivity contribution is 0.0117. The van der Waals surface area contributed by atoms with Crippen LogP contribution in [0.4, 0.5) is 29.5 Å². The van der Waals surface area contributed by atoms with Gasteiger partial charge in [-0.25, -0.2) is 22.9 Å². The molecule has 2 aromatic carbocycles. The summed E-state index contributed by atoms with van der Waals surface area (Å²) in [6.45, 7) is 7.12. The molecule has 1 atom stereocenters. The molecule has 0 spiro atoms. The summed E-state index contributed by atoms with van der Waals surface area (Å²) in [7, 11) is 0. The number of carbonyl (C=O) groups excluding carboxylic acids is 2. The highest BCUT2D eigenvalue weighted by atomic mass is 19.2. The van der Waals surface area contributed by atoms with Gasteiger partial charge in [0, 0.05) is 37.0 Å². The smallest absolute Gasteiger partial charge is 0.410 e. The largest absolute Gasteiger partial charge is 0.444 e. The van der Waals surface area contributed by atoms with Gasteiger partial charge in [-0.2, -0.15) is 0 Å². The molecule has 218 valence electrons. The van der Waals surface area contributed by atoms with Crippen LogP contribution in [0.1, 0.15) is 59.4 Å². The highest BCUT2D eigenvalue weighted by Gasteiger charge is 2.37. The van der Waals surface area contributed by atoms with Crippen molar-refractivity contribution in [3.05, 3.63) is 87.9 Å². The number of aryl methyl sites for hydroxylation is 2. The molecular weight excluding hydrogens is 535 g/mol. The number of hydrogen-bond acceptors (Lipinski definition) is 6. The van der Waals surface area contributed by atoms with Crippen molar-refractivity contribution in [1.29, 1.82) is 0 Å². The van der Waals surface area contributed by atoms with Crippen LogP contribution in [-0.4, -0.2) is 47.1 Å². The summed E-state index contributed by atoms with van der Waals surface area (Å²) < 4.78 is 50.4. The predicted octanol–water partition coefficient (Wildman–Crippen LogP) is 5.31. The number of amides is 2. The molecule has 1 aliphatic heterocycles. The summed E-state index contributed by atoms with van der Waals surface area (Å²) in [6, 6.07) is 9.38. The van der Waals surface area contributed by atoms with Crippen LogP contribution in [-0.2, 0) is 17.6 Å². The number of benzene rings is 2. The predicted molar refractivity (Wildman–Crippen MR) is 150 cm³/mol. The molecule has 1 aliphatic rings. The molecule has 41 heavy (non-hydrogen) atoms. The molecule has 3 aromatic rings. The SMILES string of the molecule is Cc1c(F)c(F)c(F)c(NC(=O)c2cccc(CCc3ccc(N)nc3)c2)c1C1CNCCN1C(=O)OC(C)(C)C. The van der Waals surface area contributed by atoms with Crippen molar-refractivity contribution in [2.24, 2.45) is 0 Å². The van der Waals surface area contributed by atoms with Gasteiger partial charge < -0.3 is 21.1 Å². The fourth-order valence-corrected chi connectivity index (χ4v) is 4.76. The fraction of sp³-hybridized carbons (Fsp3) is 0.367. The van der Waals surface area contributed by atoms with Gasteiger partial charge >= 0.3 is 6.09 Å². The van der Waals surface area contributed by atoms with Crippen molar-refractivity contribution in [1.82, 2.24) is 15.2 Å². The van der Waals surface area contributed by atoms with Crippen LogP contribution < -0.4 is 16.4 Å². The molecule has 1 saturated heterocycles. The lowest BCUT2D eigenvalue weighted by Gasteiger charge is -2.38. The van der Waals surface area contributed by atoms with Crippen LogP contribution in [0.25, 0.3) is 0 Å². The van der Waals surface area contributed by atoms with Crippen molar-refractivity contribution in [2.45, 2.75) is 52.2 Å². The van der Waals surface area contributed by atoms with E-state index >= 15 is 4.39 Å². The molecule has 0 radical (unpaired) electrons. The third-order valence-electron chi connectivity index (χ3n) is 6.79. The summed E-state index contributed by atoms with van der Waals surface area (Å²) in [5.41, 5.74) is 6.05. The molecule has 0 aliphatic carbocycles. The van der Waals surface area contributed by atoms with Gasteiger partial charge in [-0.3, -0.25) is 9.69 Å². The zero-order valence-corrected chi connectivity index (χ0v) is 23.5. The third-order valence-corrected chi connectivity index (χ3v) is 6.79. The summed E-state index contributed by atoms with van der Waals surface area (Å²) >= 11 is 0. The van der Waals surface area contributed by atoms with Gasteiger partial charge in [0.05, 0.1) is 11.7 Å². The molecule has 2 amide bonds. The number of nitrogens with one attached hydrogen (secondary N) is 2. The number of carbonyl (C=O) groups is 2. The summed E-state index contributed by atoms with van der Waals surface area (Å²) in [5, 5.41) is 5.57. The molecule has 0 saturated carbocycles. The lowest BCUT2D eigenvalue weighted by Crippen LogP contribution is -2.50. The van der Waals surface area contributed by atoms with Crippen LogP contribution in [0.15, 0.2) is 42.6 Å². The first-order valence-electron chi connectivity index (χ1n) is 13.3. The van der Waals surface area contributed by atoms with Gasteiger partial charge in [0.15, 0.2) is 17.5 Å². The molecular formula is C30H34F3N5O3. The van der Waals surface area contributed by atoms with E-state index in [4.69, 9.17) is 10.5 Å². The van der Waals surface area contributed by atoms with Gasteiger partial charge in [0.1, 0.15) is 11.4 Å². The van der Waals surface area contributed by atoms with Crippen molar-refractivity contribution in [3.63, 3.8) is 0 Å². The highest BCUT2D eigenvalue weighted by Crippen LogP contribution is 2.37. The average molecular weight is 570 g/mol. The van der Waals surface area contributed by atoms with E-state index in [9.17, 15) is 18.4 Å². The Morgan fingerprint density at radius 2 is 1.83 bits per heavy atom. The van der Waals surface area contributed by atoms with Crippen LogP contribution in [0.2, 0.25) is 0 Å². The maximum Gasteiger partial charge on any atom is 0.410 e. The average Bonchev–Trinajstić information content (AvgIpc) is 2.94. The number of halogens is 3. The molecule has 2 heterocycles. The van der Waals surface area contributed by atoms with Gasteiger partial charge in [-0.15, -0.1) is 0 Å². The lowest BCUT2D eigenvalue weighted by atomic mass is 9.94. The first kappa shape index (κ1) is 29.9. The Bertz CT molecular complexity index is 1440. The maximum absolute atomic E-state index is 15.3. The number of nitrogens with two attached hydrogens (primary N) is 1. The minimum atomic E-state index is -1.71. The fourth-order valence-electron chi connectivity index (χ4n) is 4.76. The second kappa shape index (κ2) is 12.2. The molecule has 0 bridgehead atoms. The minimum absolute atomic E-state index is 0.0418. The van der Waals surface area contributed by atoms with E-state index < -0.39 is 46.8 Å². The number of ether oxygens (including phenoxy) is 1. The normalized spacial score (nSPS) is 15.5. The second-order valence-corrected chi connectivity index (χ2v) is 11.0. The summed E-state index contributed by atoms with van der Waals surface area (Å²) in [6.07, 6.45) is 2.24. The zero-order valence-electron chi connectivity index (χ0n) is 23.5. The van der Waals surface area contributed by atoms with Crippen molar-refractivity contribution >= 4 is 23.5 Å². The number of hydrogen-bond donors (Lipinski definition) is 3. The maximum atomic E-state index is 15.3. The van der Waals surface area contributed by atoms with E-state index in [-0.39, 0.29) is 29.8 Å². The van der Waals surface area contributed by atoms with E-state index in [0.717, 1.165) is 11.1 Å². The van der Waals surface area contributed by atoms with Gasteiger partial charge in [-0.05, 0) is 75.4 Å². The zero-order chi connectivity index (χ0) is 29.9. The molecule has 11 heteroatoms. The van der Waals surface area contributed by atoms with Gasteiger partial charge in [0.25, 0.3) is 5.91 Å². The Labute approximate surface area is 237 Å². The van der Waals surface area contributed by atoms with Crippen LogP contribution in [0.5, 0.6) is 0 Å². The molecule has 4 rings (SSSR count). The first-order valence-corrected chi connectivity index (χ1v) is 13.3.